The van der Waals surface area contributed by atoms with Crippen molar-refractivity contribution < 1.29 is 48.4 Å². The molecule has 0 saturated carbocycles. The van der Waals surface area contributed by atoms with E-state index in [1.165, 1.54) is 13.2 Å². The lowest BCUT2D eigenvalue weighted by atomic mass is 9.65. The SMILES string of the molecule is COC(=O)[C@@H](NC(=O)N1C(=O)[C@@]2(c3cc(C#CCn4nnc5ccccc54)ccc31)[C@H](c1cccc(OCCO)c1)N1[C@H](c3ccccc3)[C@H](c3ccccc3)OC(=O)[C@H]1[C@@H]2C(=O)O)C(C)C. The summed E-state index contributed by atoms with van der Waals surface area (Å²) in [4.78, 5) is 76.1. The number of nitrogens with one attached hydrogen (secondary N) is 1. The Balaban J connectivity index is 1.31. The molecule has 16 heteroatoms. The van der Waals surface area contributed by atoms with Crippen molar-refractivity contribution in [1.82, 2.24) is 25.2 Å². The summed E-state index contributed by atoms with van der Waals surface area (Å²) in [6.45, 7) is 3.15. The molecule has 340 valence electrons. The molecule has 0 unspecified atom stereocenters. The Hall–Kier alpha value is -7.87. The van der Waals surface area contributed by atoms with E-state index in [4.69, 9.17) is 14.2 Å². The number of nitrogens with zero attached hydrogens (tertiary/aromatic N) is 5. The molecule has 67 heavy (non-hydrogen) atoms. The molecule has 7 atom stereocenters. The lowest BCUT2D eigenvalue weighted by molar-refractivity contribution is -0.179. The van der Waals surface area contributed by atoms with Gasteiger partial charge in [-0.3, -0.25) is 19.3 Å². The van der Waals surface area contributed by atoms with Crippen molar-refractivity contribution in [3.63, 3.8) is 0 Å². The summed E-state index contributed by atoms with van der Waals surface area (Å²) in [6, 6.07) is 31.1. The highest BCUT2D eigenvalue weighted by molar-refractivity contribution is 6.24. The summed E-state index contributed by atoms with van der Waals surface area (Å²) >= 11 is 0. The molecule has 2 fully saturated rings. The second-order valence-corrected chi connectivity index (χ2v) is 16.9. The zero-order chi connectivity index (χ0) is 47.0. The van der Waals surface area contributed by atoms with E-state index in [1.54, 1.807) is 59.8 Å². The van der Waals surface area contributed by atoms with Gasteiger partial charge < -0.3 is 29.7 Å². The molecule has 3 aliphatic rings. The van der Waals surface area contributed by atoms with Gasteiger partial charge in [0.05, 0.1) is 37.0 Å². The number of carbonyl (C=O) groups is 5. The molecule has 9 rings (SSSR count). The standard InChI is InChI=1S/C51H46N6O10/c1-30(2)41(47(61)65-3)52-50(64)56-38-24-23-31(14-13-25-55-39-22-11-10-21-37(39)53-54-55)28-36(38)51(49(56)63)40(46(59)60)43-48(62)67-44(33-17-8-5-9-18-33)42(32-15-6-4-7-16-32)57(43)45(51)34-19-12-20-35(29-34)66-27-26-58/h4-12,15-24,28-30,40-45,58H,25-27H2,1-3H3,(H,52,64)(H,59,60)/t40-,41+,42-,43-,44+,45+,51-/m1/s1. The van der Waals surface area contributed by atoms with Crippen molar-refractivity contribution in [3.05, 3.63) is 155 Å². The molecule has 0 radical (unpaired) electrons. The van der Waals surface area contributed by atoms with E-state index in [0.717, 1.165) is 10.4 Å². The number of para-hydroxylation sites is 1. The molecule has 6 aromatic rings. The van der Waals surface area contributed by atoms with Crippen LogP contribution in [0.5, 0.6) is 5.75 Å². The van der Waals surface area contributed by atoms with Crippen LogP contribution in [-0.2, 0) is 40.6 Å². The Morgan fingerprint density at radius 3 is 2.27 bits per heavy atom. The Morgan fingerprint density at radius 2 is 1.57 bits per heavy atom. The molecular weight excluding hydrogens is 857 g/mol. The van der Waals surface area contributed by atoms with Crippen LogP contribution in [0.15, 0.2) is 127 Å². The van der Waals surface area contributed by atoms with E-state index in [0.29, 0.717) is 33.5 Å². The van der Waals surface area contributed by atoms with Crippen LogP contribution >= 0.6 is 0 Å². The lowest BCUT2D eigenvalue weighted by Crippen LogP contribution is -2.56. The number of rotatable bonds is 11. The summed E-state index contributed by atoms with van der Waals surface area (Å²) in [6.07, 6.45) is -0.999. The number of carbonyl (C=O) groups excluding carboxylic acids is 4. The molecule has 1 aromatic heterocycles. The third kappa shape index (κ3) is 7.61. The molecular formula is C51H46N6O10. The third-order valence-electron chi connectivity index (χ3n) is 12.7. The van der Waals surface area contributed by atoms with Gasteiger partial charge in [0, 0.05) is 5.56 Å². The number of imide groups is 1. The van der Waals surface area contributed by atoms with Gasteiger partial charge in [-0.15, -0.1) is 5.10 Å². The number of aliphatic carboxylic acids is 1. The maximum absolute atomic E-state index is 16.2. The number of carboxylic acid groups (broad SMARTS) is 1. The van der Waals surface area contributed by atoms with Crippen LogP contribution in [0.2, 0.25) is 0 Å². The fourth-order valence-electron chi connectivity index (χ4n) is 9.98. The number of aliphatic hydroxyl groups excluding tert-OH is 1. The molecule has 3 N–H and O–H groups in total. The molecule has 3 aliphatic heterocycles. The molecule has 5 aromatic carbocycles. The average Bonchev–Trinajstić information content (AvgIpc) is 3.98. The first kappa shape index (κ1) is 44.3. The largest absolute Gasteiger partial charge is 0.491 e. The smallest absolute Gasteiger partial charge is 0.329 e. The Bertz CT molecular complexity index is 2950. The van der Waals surface area contributed by atoms with Gasteiger partial charge in [-0.05, 0) is 70.6 Å². The van der Waals surface area contributed by atoms with Crippen molar-refractivity contribution >= 4 is 46.6 Å². The number of amides is 3. The fourth-order valence-corrected chi connectivity index (χ4v) is 9.98. The zero-order valence-electron chi connectivity index (χ0n) is 36.7. The van der Waals surface area contributed by atoms with Gasteiger partial charge in [0.2, 0.25) is 5.91 Å². The molecule has 0 bridgehead atoms. The number of methoxy groups -OCH3 is 1. The van der Waals surface area contributed by atoms with Crippen molar-refractivity contribution in [2.75, 3.05) is 25.2 Å². The first-order chi connectivity index (χ1) is 32.5. The van der Waals surface area contributed by atoms with Gasteiger partial charge in [0.25, 0.3) is 0 Å². The Morgan fingerprint density at radius 1 is 0.866 bits per heavy atom. The summed E-state index contributed by atoms with van der Waals surface area (Å²) < 4.78 is 18.9. The number of hydrogen-bond donors (Lipinski definition) is 3. The van der Waals surface area contributed by atoms with Gasteiger partial charge in [-0.2, -0.15) is 0 Å². The first-order valence-electron chi connectivity index (χ1n) is 21.8. The summed E-state index contributed by atoms with van der Waals surface area (Å²) in [5.74, 6) is 0.0987. The number of cyclic esters (lactones) is 1. The maximum atomic E-state index is 16.2. The molecule has 0 aliphatic carbocycles. The topological polar surface area (TPSA) is 203 Å². The lowest BCUT2D eigenvalue weighted by Gasteiger charge is -2.46. The van der Waals surface area contributed by atoms with Crippen molar-refractivity contribution in [3.8, 4) is 17.6 Å². The number of benzene rings is 5. The van der Waals surface area contributed by atoms with Crippen LogP contribution in [0.3, 0.4) is 0 Å². The number of carboxylic acids is 1. The minimum atomic E-state index is -2.27. The zero-order valence-corrected chi connectivity index (χ0v) is 36.7. The Kier molecular flexibility index (Phi) is 12.0. The quantitative estimate of drug-likeness (QED) is 0.109. The summed E-state index contributed by atoms with van der Waals surface area (Å²) in [5.41, 5.74) is 1.32. The van der Waals surface area contributed by atoms with Crippen LogP contribution in [0.25, 0.3) is 11.0 Å². The number of hydrogen-bond acceptors (Lipinski definition) is 12. The highest BCUT2D eigenvalue weighted by Crippen LogP contribution is 2.66. The minimum Gasteiger partial charge on any atom is -0.491 e. The summed E-state index contributed by atoms with van der Waals surface area (Å²) in [5, 5.41) is 32.6. The molecule has 16 nitrogen and oxygen atoms in total. The number of aliphatic hydroxyl groups is 1. The van der Waals surface area contributed by atoms with Gasteiger partial charge >= 0.3 is 23.9 Å². The number of esters is 2. The third-order valence-corrected chi connectivity index (χ3v) is 12.7. The van der Waals surface area contributed by atoms with Crippen molar-refractivity contribution in [2.24, 2.45) is 11.8 Å². The first-order valence-corrected chi connectivity index (χ1v) is 21.8. The van der Waals surface area contributed by atoms with Crippen molar-refractivity contribution in [2.45, 2.75) is 56.1 Å². The van der Waals surface area contributed by atoms with Crippen molar-refractivity contribution in [1.29, 1.82) is 0 Å². The van der Waals surface area contributed by atoms with Gasteiger partial charge in [0.15, 0.2) is 0 Å². The Labute approximate surface area is 385 Å². The van der Waals surface area contributed by atoms with Gasteiger partial charge in [0.1, 0.15) is 53.9 Å². The average molecular weight is 903 g/mol. The second-order valence-electron chi connectivity index (χ2n) is 16.9. The number of morpholine rings is 1. The van der Waals surface area contributed by atoms with Crippen LogP contribution in [0, 0.1) is 23.7 Å². The maximum Gasteiger partial charge on any atom is 0.329 e. The molecule has 2 saturated heterocycles. The van der Waals surface area contributed by atoms with Crippen LogP contribution in [0.1, 0.15) is 59.9 Å². The normalized spacial score (nSPS) is 22.4. The van der Waals surface area contributed by atoms with E-state index >= 15 is 4.79 Å². The van der Waals surface area contributed by atoms with Crippen LogP contribution < -0.4 is 15.0 Å². The minimum absolute atomic E-state index is 0.0238. The highest BCUT2D eigenvalue weighted by Gasteiger charge is 2.76. The number of urea groups is 1. The molecule has 1 spiro atoms. The van der Waals surface area contributed by atoms with Crippen LogP contribution in [-0.4, -0.2) is 92.4 Å². The predicted octanol–water partition coefficient (Wildman–Crippen LogP) is 5.51. The second kappa shape index (κ2) is 18.2. The monoisotopic (exact) mass is 902 g/mol. The van der Waals surface area contributed by atoms with E-state index in [2.05, 4.69) is 27.5 Å². The van der Waals surface area contributed by atoms with E-state index in [-0.39, 0.29) is 31.0 Å². The number of aromatic nitrogens is 3. The van der Waals surface area contributed by atoms with Gasteiger partial charge in [-0.25, -0.2) is 19.2 Å². The fraction of sp³-hybridized carbons (Fsp3) is 0.275. The van der Waals surface area contributed by atoms with Crippen LogP contribution in [0.4, 0.5) is 10.5 Å². The number of ether oxygens (including phenoxy) is 3. The van der Waals surface area contributed by atoms with Gasteiger partial charge in [-0.1, -0.05) is 116 Å². The summed E-state index contributed by atoms with van der Waals surface area (Å²) in [7, 11) is 1.18. The van der Waals surface area contributed by atoms with E-state index in [1.807, 2.05) is 84.9 Å². The predicted molar refractivity (Wildman–Crippen MR) is 242 cm³/mol. The number of anilines is 1. The van der Waals surface area contributed by atoms with E-state index < -0.39 is 77.4 Å². The van der Waals surface area contributed by atoms with E-state index in [9.17, 15) is 29.4 Å². The molecule has 3 amide bonds. The number of fused-ring (bicyclic) bond motifs is 4. The molecule has 4 heterocycles. The highest BCUT2D eigenvalue weighted by atomic mass is 16.6.